The highest BCUT2D eigenvalue weighted by Crippen LogP contribution is 2.37. The van der Waals surface area contributed by atoms with E-state index in [0.717, 1.165) is 25.9 Å². The largest absolute Gasteiger partial charge is 0.490 e. The van der Waals surface area contributed by atoms with Gasteiger partial charge in [0.25, 0.3) is 0 Å². The Hall–Kier alpha value is -0.880. The van der Waals surface area contributed by atoms with Gasteiger partial charge >= 0.3 is 5.51 Å². The predicted octanol–water partition coefficient (Wildman–Crippen LogP) is 3.43. The van der Waals surface area contributed by atoms with Crippen molar-refractivity contribution in [2.75, 3.05) is 13.1 Å². The molecule has 0 bridgehead atoms. The van der Waals surface area contributed by atoms with Crippen molar-refractivity contribution in [3.63, 3.8) is 0 Å². The Bertz CT molecular complexity index is 374. The summed E-state index contributed by atoms with van der Waals surface area (Å²) in [5.74, 6) is 0.633. The molecule has 1 aromatic rings. The van der Waals surface area contributed by atoms with E-state index in [9.17, 15) is 13.2 Å². The van der Waals surface area contributed by atoms with Crippen LogP contribution in [0.3, 0.4) is 0 Å². The first-order valence-corrected chi connectivity index (χ1v) is 6.58. The van der Waals surface area contributed by atoms with E-state index in [1.807, 2.05) is 0 Å². The summed E-state index contributed by atoms with van der Waals surface area (Å²) in [7, 11) is 0. The third-order valence-corrected chi connectivity index (χ3v) is 3.39. The molecule has 100 valence electrons. The highest BCUT2D eigenvalue weighted by molar-refractivity contribution is 8.00. The lowest BCUT2D eigenvalue weighted by Gasteiger charge is -2.23. The third kappa shape index (κ3) is 4.42. The Morgan fingerprint density at radius 3 is 2.28 bits per heavy atom. The van der Waals surface area contributed by atoms with E-state index in [4.69, 9.17) is 4.74 Å². The van der Waals surface area contributed by atoms with Gasteiger partial charge in [-0.3, -0.25) is 0 Å². The van der Waals surface area contributed by atoms with Crippen LogP contribution >= 0.6 is 11.8 Å². The van der Waals surface area contributed by atoms with E-state index in [1.165, 1.54) is 12.1 Å². The monoisotopic (exact) mass is 277 g/mol. The number of alkyl halides is 3. The molecule has 0 aromatic heterocycles. The lowest BCUT2D eigenvalue weighted by atomic mass is 10.1. The summed E-state index contributed by atoms with van der Waals surface area (Å²) in [6.45, 7) is 1.85. The number of hydrogen-bond acceptors (Lipinski definition) is 3. The Morgan fingerprint density at radius 2 is 1.72 bits per heavy atom. The van der Waals surface area contributed by atoms with Gasteiger partial charge in [-0.25, -0.2) is 0 Å². The molecule has 0 aliphatic carbocycles. The van der Waals surface area contributed by atoms with Crippen LogP contribution in [0.15, 0.2) is 29.2 Å². The molecule has 6 heteroatoms. The van der Waals surface area contributed by atoms with Crippen LogP contribution in [0.4, 0.5) is 13.2 Å². The number of thioether (sulfide) groups is 1. The Morgan fingerprint density at radius 1 is 1.11 bits per heavy atom. The van der Waals surface area contributed by atoms with Gasteiger partial charge in [-0.15, -0.1) is 0 Å². The van der Waals surface area contributed by atoms with Crippen molar-refractivity contribution < 1.29 is 17.9 Å². The summed E-state index contributed by atoms with van der Waals surface area (Å²) >= 11 is -0.110. The van der Waals surface area contributed by atoms with Crippen molar-refractivity contribution >= 4 is 11.8 Å². The Labute approximate surface area is 108 Å². The van der Waals surface area contributed by atoms with Gasteiger partial charge in [-0.05, 0) is 62.0 Å². The molecule has 0 amide bonds. The molecule has 0 radical (unpaired) electrons. The average molecular weight is 277 g/mol. The summed E-state index contributed by atoms with van der Waals surface area (Å²) in [5, 5.41) is 3.23. The summed E-state index contributed by atoms with van der Waals surface area (Å²) in [6, 6.07) is 6.06. The lowest BCUT2D eigenvalue weighted by molar-refractivity contribution is -0.0328. The molecule has 1 heterocycles. The first-order valence-electron chi connectivity index (χ1n) is 5.76. The SMILES string of the molecule is FC(F)(F)Sc1ccc(OC2CCNCC2)cc1. The zero-order valence-electron chi connectivity index (χ0n) is 9.67. The molecule has 0 saturated carbocycles. The first kappa shape index (κ1) is 13.5. The van der Waals surface area contributed by atoms with Gasteiger partial charge < -0.3 is 10.1 Å². The summed E-state index contributed by atoms with van der Waals surface area (Å²) in [5.41, 5.74) is -4.24. The van der Waals surface area contributed by atoms with Crippen LogP contribution in [0.1, 0.15) is 12.8 Å². The second-order valence-corrected chi connectivity index (χ2v) is 5.22. The number of benzene rings is 1. The van der Waals surface area contributed by atoms with Crippen LogP contribution in [0.5, 0.6) is 5.75 Å². The van der Waals surface area contributed by atoms with Gasteiger partial charge in [-0.2, -0.15) is 13.2 Å². The molecule has 0 atom stereocenters. The molecule has 2 nitrogen and oxygen atoms in total. The van der Waals surface area contributed by atoms with E-state index in [2.05, 4.69) is 5.32 Å². The predicted molar refractivity (Wildman–Crippen MR) is 64.9 cm³/mol. The number of rotatable bonds is 3. The van der Waals surface area contributed by atoms with Crippen LogP contribution < -0.4 is 10.1 Å². The lowest BCUT2D eigenvalue weighted by Crippen LogP contribution is -2.34. The molecule has 1 N–H and O–H groups in total. The molecule has 1 saturated heterocycles. The fourth-order valence-electron chi connectivity index (χ4n) is 1.83. The molecule has 1 aliphatic rings. The molecule has 2 rings (SSSR count). The van der Waals surface area contributed by atoms with E-state index in [1.54, 1.807) is 12.1 Å². The molecule has 1 aromatic carbocycles. The maximum Gasteiger partial charge on any atom is 0.446 e. The van der Waals surface area contributed by atoms with Crippen molar-refractivity contribution in [3.8, 4) is 5.75 Å². The number of piperidine rings is 1. The Kier molecular flexibility index (Phi) is 4.40. The fourth-order valence-corrected chi connectivity index (χ4v) is 2.37. The molecular formula is C12H14F3NOS. The Balaban J connectivity index is 1.90. The number of nitrogens with one attached hydrogen (secondary N) is 1. The molecule has 0 unspecified atom stereocenters. The summed E-state index contributed by atoms with van der Waals surface area (Å²) < 4.78 is 42.1. The van der Waals surface area contributed by atoms with Gasteiger partial charge in [0, 0.05) is 4.90 Å². The van der Waals surface area contributed by atoms with Gasteiger partial charge in [0.1, 0.15) is 11.9 Å². The van der Waals surface area contributed by atoms with Gasteiger partial charge in [-0.1, -0.05) is 0 Å². The van der Waals surface area contributed by atoms with Crippen LogP contribution in [0.2, 0.25) is 0 Å². The first-order chi connectivity index (χ1) is 8.53. The maximum absolute atomic E-state index is 12.1. The second kappa shape index (κ2) is 5.84. The number of hydrogen-bond donors (Lipinski definition) is 1. The van der Waals surface area contributed by atoms with Crippen molar-refractivity contribution in [1.82, 2.24) is 5.32 Å². The van der Waals surface area contributed by atoms with Crippen molar-refractivity contribution in [3.05, 3.63) is 24.3 Å². The highest BCUT2D eigenvalue weighted by Gasteiger charge is 2.29. The molecule has 0 spiro atoms. The minimum atomic E-state index is -4.24. The van der Waals surface area contributed by atoms with Crippen molar-refractivity contribution in [1.29, 1.82) is 0 Å². The zero-order chi connectivity index (χ0) is 13.0. The average Bonchev–Trinajstić information content (AvgIpc) is 2.31. The highest BCUT2D eigenvalue weighted by atomic mass is 32.2. The van der Waals surface area contributed by atoms with Crippen LogP contribution in [-0.4, -0.2) is 24.7 Å². The minimum absolute atomic E-state index is 0.110. The molecular weight excluding hydrogens is 263 g/mol. The summed E-state index contributed by atoms with van der Waals surface area (Å²) in [4.78, 5) is 0.181. The quantitative estimate of drug-likeness (QED) is 0.855. The third-order valence-electron chi connectivity index (χ3n) is 2.65. The van der Waals surface area contributed by atoms with Crippen LogP contribution in [0.25, 0.3) is 0 Å². The van der Waals surface area contributed by atoms with E-state index < -0.39 is 5.51 Å². The van der Waals surface area contributed by atoms with E-state index >= 15 is 0 Å². The summed E-state index contributed by atoms with van der Waals surface area (Å²) in [6.07, 6.45) is 2.02. The maximum atomic E-state index is 12.1. The normalized spacial score (nSPS) is 17.7. The second-order valence-electron chi connectivity index (χ2n) is 4.09. The van der Waals surface area contributed by atoms with Gasteiger partial charge in [0.15, 0.2) is 0 Å². The van der Waals surface area contributed by atoms with Crippen molar-refractivity contribution in [2.45, 2.75) is 29.3 Å². The van der Waals surface area contributed by atoms with Gasteiger partial charge in [0.05, 0.1) is 0 Å². The molecule has 1 aliphatic heterocycles. The smallest absolute Gasteiger partial charge is 0.446 e. The van der Waals surface area contributed by atoms with Crippen LogP contribution in [-0.2, 0) is 0 Å². The number of halogens is 3. The van der Waals surface area contributed by atoms with E-state index in [0.29, 0.717) is 5.75 Å². The van der Waals surface area contributed by atoms with Gasteiger partial charge in [0.2, 0.25) is 0 Å². The minimum Gasteiger partial charge on any atom is -0.490 e. The fraction of sp³-hybridized carbons (Fsp3) is 0.500. The van der Waals surface area contributed by atoms with E-state index in [-0.39, 0.29) is 22.8 Å². The molecule has 18 heavy (non-hydrogen) atoms. The standard InChI is InChI=1S/C12H14F3NOS/c13-12(14,15)18-11-3-1-9(2-4-11)17-10-5-7-16-8-6-10/h1-4,10,16H,5-8H2. The molecule has 1 fully saturated rings. The zero-order valence-corrected chi connectivity index (χ0v) is 10.5. The number of ether oxygens (including phenoxy) is 1. The van der Waals surface area contributed by atoms with Crippen molar-refractivity contribution in [2.24, 2.45) is 0 Å². The topological polar surface area (TPSA) is 21.3 Å². The van der Waals surface area contributed by atoms with Crippen LogP contribution in [0, 0.1) is 0 Å².